The highest BCUT2D eigenvalue weighted by atomic mass is 16.5. The van der Waals surface area contributed by atoms with Crippen LogP contribution in [-0.2, 0) is 25.5 Å². The summed E-state index contributed by atoms with van der Waals surface area (Å²) in [7, 11) is 0. The second-order valence-corrected chi connectivity index (χ2v) is 6.68. The molecule has 1 aliphatic carbocycles. The number of allylic oxidation sites excluding steroid dienone is 3. The summed E-state index contributed by atoms with van der Waals surface area (Å²) in [6, 6.07) is 10.3. The fraction of sp³-hybridized carbons (Fsp3) is 0.364. The molecule has 1 atom stereocenters. The molecule has 0 saturated carbocycles. The van der Waals surface area contributed by atoms with E-state index in [-0.39, 0.29) is 24.7 Å². The van der Waals surface area contributed by atoms with Gasteiger partial charge in [0.1, 0.15) is 6.26 Å². The Hall–Kier alpha value is -2.66. The number of carbonyl (C=O) groups excluding carboxylic acids is 1. The fourth-order valence-electron chi connectivity index (χ4n) is 3.25. The van der Waals surface area contributed by atoms with Gasteiger partial charge in [0.2, 0.25) is 0 Å². The highest BCUT2D eigenvalue weighted by Gasteiger charge is 2.29. The van der Waals surface area contributed by atoms with Gasteiger partial charge >= 0.3 is 5.97 Å². The van der Waals surface area contributed by atoms with Crippen LogP contribution in [0.3, 0.4) is 0 Å². The number of aliphatic carboxylic acids is 1. The average Bonchev–Trinajstić information content (AvgIpc) is 2.66. The van der Waals surface area contributed by atoms with Crippen LogP contribution >= 0.6 is 0 Å². The number of Topliss-reactive ketones (excluding diaryl/α,β-unsaturated/α-hetero) is 1. The molecule has 1 aromatic rings. The molecule has 5 heteroatoms. The zero-order valence-electron chi connectivity index (χ0n) is 15.1. The van der Waals surface area contributed by atoms with E-state index in [1.807, 2.05) is 24.3 Å². The summed E-state index contributed by atoms with van der Waals surface area (Å²) in [6.07, 6.45) is 9.37. The molecule has 0 saturated heterocycles. The maximum absolute atomic E-state index is 12.4. The Kier molecular flexibility index (Phi) is 6.60. The first-order valence-electron chi connectivity index (χ1n) is 9.24. The highest BCUT2D eigenvalue weighted by molar-refractivity contribution is 6.02. The largest absolute Gasteiger partial charge is 0.481 e. The lowest BCUT2D eigenvalue weighted by molar-refractivity contribution is -0.137. The normalized spacial score (nSPS) is 18.7. The summed E-state index contributed by atoms with van der Waals surface area (Å²) >= 11 is 0. The minimum atomic E-state index is -0.843. The van der Waals surface area contributed by atoms with Crippen LogP contribution in [0.4, 0.5) is 0 Å². The number of hydrogen-bond acceptors (Lipinski definition) is 4. The van der Waals surface area contributed by atoms with Gasteiger partial charge in [-0.2, -0.15) is 0 Å². The Labute approximate surface area is 159 Å². The van der Waals surface area contributed by atoms with E-state index in [0.717, 1.165) is 30.4 Å². The van der Waals surface area contributed by atoms with E-state index in [2.05, 4.69) is 18.4 Å². The average molecular weight is 367 g/mol. The van der Waals surface area contributed by atoms with Crippen molar-refractivity contribution < 1.29 is 24.2 Å². The van der Waals surface area contributed by atoms with Crippen molar-refractivity contribution in [3.63, 3.8) is 0 Å². The van der Waals surface area contributed by atoms with Gasteiger partial charge in [0, 0.05) is 25.0 Å². The number of ether oxygens (including phenoxy) is 2. The molecule has 1 N–H and O–H groups in total. The van der Waals surface area contributed by atoms with Crippen molar-refractivity contribution in [3.05, 3.63) is 71.2 Å². The molecule has 27 heavy (non-hydrogen) atoms. The Balaban J connectivity index is 1.59. The first kappa shape index (κ1) is 19.1. The van der Waals surface area contributed by atoms with E-state index >= 15 is 0 Å². The van der Waals surface area contributed by atoms with E-state index in [9.17, 15) is 9.59 Å². The standard InChI is InChI=1S/C22H23O5/c23-21-13-18(27-11-5-10-22(24)25)12-19-17(14-26-15-20(19)21)9-4-8-16-6-2-1-3-7-16/h1-3,6-7,12,15,18H,4-5,8-11,13H2,(H,24,25). The number of carboxylic acid groups (broad SMARTS) is 1. The zero-order valence-corrected chi connectivity index (χ0v) is 15.1. The Bertz CT molecular complexity index is 773. The van der Waals surface area contributed by atoms with E-state index in [1.165, 1.54) is 11.8 Å². The second-order valence-electron chi connectivity index (χ2n) is 6.68. The first-order chi connectivity index (χ1) is 13.1. The number of hydrogen-bond donors (Lipinski definition) is 1. The summed E-state index contributed by atoms with van der Waals surface area (Å²) in [5.41, 5.74) is 3.58. The van der Waals surface area contributed by atoms with Gasteiger partial charge in [-0.3, -0.25) is 9.59 Å². The van der Waals surface area contributed by atoms with Crippen molar-refractivity contribution in [2.45, 2.75) is 44.6 Å². The molecule has 1 aromatic carbocycles. The van der Waals surface area contributed by atoms with Crippen LogP contribution in [0.1, 0.15) is 37.7 Å². The van der Waals surface area contributed by atoms with Crippen LogP contribution in [0.15, 0.2) is 59.4 Å². The van der Waals surface area contributed by atoms with Crippen molar-refractivity contribution in [1.29, 1.82) is 0 Å². The quantitative estimate of drug-likeness (QED) is 0.673. The maximum Gasteiger partial charge on any atom is 0.303 e. The summed E-state index contributed by atoms with van der Waals surface area (Å²) in [5.74, 6) is -0.859. The van der Waals surface area contributed by atoms with Gasteiger partial charge in [-0.25, -0.2) is 0 Å². The molecule has 0 fully saturated rings. The van der Waals surface area contributed by atoms with Gasteiger partial charge in [0.05, 0.1) is 11.7 Å². The van der Waals surface area contributed by atoms with E-state index in [0.29, 0.717) is 18.6 Å². The molecule has 3 rings (SSSR count). The SMILES string of the molecule is O=C(O)CCCOC1C=C2C(CCCc3ccccc3)=[C]OC=C2C(=O)C1. The van der Waals surface area contributed by atoms with Gasteiger partial charge in [0.15, 0.2) is 12.0 Å². The predicted molar refractivity (Wildman–Crippen MR) is 99.6 cm³/mol. The zero-order chi connectivity index (χ0) is 19.1. The number of aryl methyl sites for hydroxylation is 1. The number of benzene rings is 1. The summed E-state index contributed by atoms with van der Waals surface area (Å²) in [6.45, 7) is 0.320. The highest BCUT2D eigenvalue weighted by Crippen LogP contribution is 2.33. The van der Waals surface area contributed by atoms with Gasteiger partial charge in [0.25, 0.3) is 0 Å². The number of rotatable bonds is 9. The molecule has 0 bridgehead atoms. The van der Waals surface area contributed by atoms with E-state index < -0.39 is 5.97 Å². The van der Waals surface area contributed by atoms with Crippen molar-refractivity contribution in [1.82, 2.24) is 0 Å². The van der Waals surface area contributed by atoms with Crippen LogP contribution in [0.2, 0.25) is 0 Å². The summed E-state index contributed by atoms with van der Waals surface area (Å²) in [5, 5.41) is 8.69. The molecular formula is C22H23O5. The van der Waals surface area contributed by atoms with Crippen molar-refractivity contribution in [2.24, 2.45) is 0 Å². The molecular weight excluding hydrogens is 344 g/mol. The van der Waals surface area contributed by atoms with Crippen LogP contribution in [-0.4, -0.2) is 29.6 Å². The molecule has 0 amide bonds. The number of ketones is 1. The third kappa shape index (κ3) is 5.41. The molecule has 1 unspecified atom stereocenters. The lowest BCUT2D eigenvalue weighted by Gasteiger charge is -2.26. The van der Waals surface area contributed by atoms with Crippen molar-refractivity contribution in [3.8, 4) is 0 Å². The third-order valence-electron chi connectivity index (χ3n) is 4.62. The molecule has 1 aliphatic heterocycles. The van der Waals surface area contributed by atoms with Gasteiger partial charge in [-0.15, -0.1) is 0 Å². The number of fused-ring (bicyclic) bond motifs is 1. The first-order valence-corrected chi connectivity index (χ1v) is 9.24. The fourth-order valence-corrected chi connectivity index (χ4v) is 3.25. The van der Waals surface area contributed by atoms with Crippen LogP contribution in [0.5, 0.6) is 0 Å². The molecule has 5 nitrogen and oxygen atoms in total. The molecule has 141 valence electrons. The molecule has 1 heterocycles. The Morgan fingerprint density at radius 2 is 2.00 bits per heavy atom. The minimum Gasteiger partial charge on any atom is -0.481 e. The van der Waals surface area contributed by atoms with Gasteiger partial charge in [-0.1, -0.05) is 30.3 Å². The molecule has 1 radical (unpaired) electrons. The number of carboxylic acids is 1. The second kappa shape index (κ2) is 9.33. The van der Waals surface area contributed by atoms with Crippen LogP contribution in [0, 0.1) is 6.26 Å². The number of carbonyl (C=O) groups is 2. The Morgan fingerprint density at radius 1 is 1.19 bits per heavy atom. The van der Waals surface area contributed by atoms with Crippen LogP contribution in [0.25, 0.3) is 0 Å². The Morgan fingerprint density at radius 3 is 2.78 bits per heavy atom. The van der Waals surface area contributed by atoms with E-state index in [1.54, 1.807) is 0 Å². The van der Waals surface area contributed by atoms with Gasteiger partial charge in [-0.05, 0) is 42.9 Å². The third-order valence-corrected chi connectivity index (χ3v) is 4.62. The monoisotopic (exact) mass is 367 g/mol. The van der Waals surface area contributed by atoms with Crippen molar-refractivity contribution >= 4 is 11.8 Å². The molecule has 2 aliphatic rings. The maximum atomic E-state index is 12.4. The summed E-state index contributed by atoms with van der Waals surface area (Å²) < 4.78 is 11.0. The van der Waals surface area contributed by atoms with Gasteiger partial charge < -0.3 is 14.6 Å². The lowest BCUT2D eigenvalue weighted by atomic mass is 9.84. The van der Waals surface area contributed by atoms with Crippen molar-refractivity contribution in [2.75, 3.05) is 6.61 Å². The predicted octanol–water partition coefficient (Wildman–Crippen LogP) is 3.76. The molecule has 0 spiro atoms. The molecule has 0 aromatic heterocycles. The smallest absolute Gasteiger partial charge is 0.303 e. The minimum absolute atomic E-state index is 0.0159. The van der Waals surface area contributed by atoms with E-state index in [4.69, 9.17) is 14.6 Å². The lowest BCUT2D eigenvalue weighted by Crippen LogP contribution is -2.25. The van der Waals surface area contributed by atoms with Crippen LogP contribution < -0.4 is 0 Å². The topological polar surface area (TPSA) is 72.8 Å². The summed E-state index contributed by atoms with van der Waals surface area (Å²) in [4.78, 5) is 23.0.